The van der Waals surface area contributed by atoms with Crippen molar-refractivity contribution in [3.05, 3.63) is 30.6 Å². The number of anilines is 1. The minimum absolute atomic E-state index is 0.0564. The molecule has 1 atom stereocenters. The summed E-state index contributed by atoms with van der Waals surface area (Å²) in [4.78, 5) is 16.2. The summed E-state index contributed by atoms with van der Waals surface area (Å²) >= 11 is 1.36. The number of carbonyl (C=O) groups is 1. The molecule has 1 aromatic heterocycles. The van der Waals surface area contributed by atoms with Crippen molar-refractivity contribution >= 4 is 23.4 Å². The van der Waals surface area contributed by atoms with Crippen LogP contribution in [0.1, 0.15) is 13.3 Å². The number of nitrogens with one attached hydrogen (secondary N) is 2. The Kier molecular flexibility index (Phi) is 5.00. The second-order valence-corrected chi connectivity index (χ2v) is 5.21. The minimum Gasteiger partial charge on any atom is -0.497 e. The number of amides is 1. The molecule has 0 bridgehead atoms. The number of H-pyrrole nitrogens is 1. The van der Waals surface area contributed by atoms with Crippen LogP contribution in [0.4, 0.5) is 5.69 Å². The molecule has 0 aliphatic carbocycles. The van der Waals surface area contributed by atoms with Gasteiger partial charge in [0, 0.05) is 5.69 Å². The van der Waals surface area contributed by atoms with Crippen LogP contribution in [-0.4, -0.2) is 33.4 Å². The fourth-order valence-electron chi connectivity index (χ4n) is 1.61. The Morgan fingerprint density at radius 1 is 1.45 bits per heavy atom. The van der Waals surface area contributed by atoms with Crippen LogP contribution in [0, 0.1) is 0 Å². The number of rotatable bonds is 6. The van der Waals surface area contributed by atoms with Crippen molar-refractivity contribution in [2.45, 2.75) is 23.8 Å². The third-order valence-corrected chi connectivity index (χ3v) is 3.92. The van der Waals surface area contributed by atoms with Crippen LogP contribution in [-0.2, 0) is 4.79 Å². The molecule has 1 aromatic carbocycles. The topological polar surface area (TPSA) is 79.9 Å². The number of benzene rings is 1. The van der Waals surface area contributed by atoms with Gasteiger partial charge in [-0.1, -0.05) is 18.7 Å². The number of hydrogen-bond acceptors (Lipinski definition) is 5. The van der Waals surface area contributed by atoms with Crippen molar-refractivity contribution in [2.75, 3.05) is 12.4 Å². The molecule has 7 heteroatoms. The summed E-state index contributed by atoms with van der Waals surface area (Å²) in [5.41, 5.74) is 0.743. The van der Waals surface area contributed by atoms with Crippen LogP contribution in [0.15, 0.2) is 35.7 Å². The monoisotopic (exact) mass is 292 g/mol. The predicted molar refractivity (Wildman–Crippen MR) is 77.9 cm³/mol. The summed E-state index contributed by atoms with van der Waals surface area (Å²) in [7, 11) is 1.61. The fraction of sp³-hybridized carbons (Fsp3) is 0.308. The fourth-order valence-corrected chi connectivity index (χ4v) is 2.42. The van der Waals surface area contributed by atoms with Gasteiger partial charge in [-0.2, -0.15) is 5.10 Å². The summed E-state index contributed by atoms with van der Waals surface area (Å²) in [6, 6.07) is 7.23. The highest BCUT2D eigenvalue weighted by molar-refractivity contribution is 8.00. The van der Waals surface area contributed by atoms with E-state index in [0.29, 0.717) is 11.6 Å². The maximum atomic E-state index is 12.2. The van der Waals surface area contributed by atoms with E-state index >= 15 is 0 Å². The Bertz CT molecular complexity index is 542. The van der Waals surface area contributed by atoms with E-state index in [-0.39, 0.29) is 11.2 Å². The Morgan fingerprint density at radius 3 is 2.75 bits per heavy atom. The lowest BCUT2D eigenvalue weighted by atomic mass is 10.2. The summed E-state index contributed by atoms with van der Waals surface area (Å²) < 4.78 is 5.08. The molecule has 1 amide bonds. The quantitative estimate of drug-likeness (QED) is 0.799. The van der Waals surface area contributed by atoms with E-state index in [4.69, 9.17) is 4.74 Å². The zero-order valence-electron chi connectivity index (χ0n) is 11.3. The van der Waals surface area contributed by atoms with Crippen LogP contribution in [0.3, 0.4) is 0 Å². The van der Waals surface area contributed by atoms with E-state index in [1.54, 1.807) is 19.2 Å². The van der Waals surface area contributed by atoms with Gasteiger partial charge in [-0.15, -0.1) is 0 Å². The lowest BCUT2D eigenvalue weighted by Crippen LogP contribution is -2.24. The van der Waals surface area contributed by atoms with E-state index in [2.05, 4.69) is 20.5 Å². The normalized spacial score (nSPS) is 11.9. The van der Waals surface area contributed by atoms with E-state index < -0.39 is 0 Å². The van der Waals surface area contributed by atoms with E-state index in [1.165, 1.54) is 18.1 Å². The summed E-state index contributed by atoms with van der Waals surface area (Å²) in [6.45, 7) is 1.96. The second-order valence-electron chi connectivity index (χ2n) is 4.02. The molecule has 2 rings (SSSR count). The number of nitrogens with zero attached hydrogens (tertiary/aromatic N) is 2. The molecule has 0 saturated carbocycles. The van der Waals surface area contributed by atoms with Crippen LogP contribution < -0.4 is 10.1 Å². The first-order chi connectivity index (χ1) is 9.72. The van der Waals surface area contributed by atoms with Gasteiger partial charge in [-0.3, -0.25) is 9.89 Å². The average molecular weight is 292 g/mol. The zero-order chi connectivity index (χ0) is 14.4. The molecular formula is C13H16N4O2S. The lowest BCUT2D eigenvalue weighted by Gasteiger charge is -2.13. The van der Waals surface area contributed by atoms with Crippen LogP contribution in [0.25, 0.3) is 0 Å². The SMILES string of the molecule is CCC(Sc1ncn[nH]1)C(=O)Nc1ccc(OC)cc1. The molecule has 20 heavy (non-hydrogen) atoms. The van der Waals surface area contributed by atoms with Gasteiger partial charge in [0.2, 0.25) is 5.91 Å². The second kappa shape index (κ2) is 6.95. The summed E-state index contributed by atoms with van der Waals surface area (Å²) in [5, 5.41) is 9.81. The summed E-state index contributed by atoms with van der Waals surface area (Å²) in [6.07, 6.45) is 2.13. The van der Waals surface area contributed by atoms with Crippen molar-refractivity contribution in [3.8, 4) is 5.75 Å². The maximum absolute atomic E-state index is 12.2. The number of thioether (sulfide) groups is 1. The predicted octanol–water partition coefficient (Wildman–Crippen LogP) is 2.32. The molecule has 0 radical (unpaired) electrons. The third-order valence-electron chi connectivity index (χ3n) is 2.67. The van der Waals surface area contributed by atoms with Crippen molar-refractivity contribution < 1.29 is 9.53 Å². The van der Waals surface area contributed by atoms with Gasteiger partial charge in [0.05, 0.1) is 12.4 Å². The highest BCUT2D eigenvalue weighted by atomic mass is 32.2. The van der Waals surface area contributed by atoms with Gasteiger partial charge in [0.1, 0.15) is 12.1 Å². The van der Waals surface area contributed by atoms with E-state index in [1.807, 2.05) is 19.1 Å². The van der Waals surface area contributed by atoms with Gasteiger partial charge in [0.15, 0.2) is 5.16 Å². The van der Waals surface area contributed by atoms with Crippen LogP contribution in [0.5, 0.6) is 5.75 Å². The van der Waals surface area contributed by atoms with Crippen molar-refractivity contribution in [1.82, 2.24) is 15.2 Å². The Labute approximate surface area is 121 Å². The Morgan fingerprint density at radius 2 is 2.20 bits per heavy atom. The molecule has 2 N–H and O–H groups in total. The first-order valence-corrected chi connectivity index (χ1v) is 7.07. The molecule has 106 valence electrons. The molecule has 1 heterocycles. The number of hydrogen-bond donors (Lipinski definition) is 2. The molecule has 2 aromatic rings. The Balaban J connectivity index is 1.97. The molecule has 6 nitrogen and oxygen atoms in total. The molecule has 0 spiro atoms. The molecule has 0 aliphatic heterocycles. The largest absolute Gasteiger partial charge is 0.497 e. The van der Waals surface area contributed by atoms with Crippen molar-refractivity contribution in [3.63, 3.8) is 0 Å². The molecule has 0 aliphatic rings. The van der Waals surface area contributed by atoms with Gasteiger partial charge in [0.25, 0.3) is 0 Å². The zero-order valence-corrected chi connectivity index (χ0v) is 12.1. The van der Waals surface area contributed by atoms with Crippen molar-refractivity contribution in [1.29, 1.82) is 0 Å². The highest BCUT2D eigenvalue weighted by Gasteiger charge is 2.19. The maximum Gasteiger partial charge on any atom is 0.237 e. The first-order valence-electron chi connectivity index (χ1n) is 6.20. The number of aromatic nitrogens is 3. The molecule has 0 saturated heterocycles. The van der Waals surface area contributed by atoms with E-state index in [0.717, 1.165) is 11.4 Å². The van der Waals surface area contributed by atoms with Gasteiger partial charge in [-0.25, -0.2) is 4.98 Å². The van der Waals surface area contributed by atoms with Crippen molar-refractivity contribution in [2.24, 2.45) is 0 Å². The van der Waals surface area contributed by atoms with Crippen LogP contribution >= 0.6 is 11.8 Å². The minimum atomic E-state index is -0.218. The first kappa shape index (κ1) is 14.4. The Hall–Kier alpha value is -2.02. The summed E-state index contributed by atoms with van der Waals surface area (Å²) in [5.74, 6) is 0.699. The van der Waals surface area contributed by atoms with Crippen LogP contribution in [0.2, 0.25) is 0 Å². The van der Waals surface area contributed by atoms with Gasteiger partial charge in [-0.05, 0) is 30.7 Å². The average Bonchev–Trinajstić information content (AvgIpc) is 2.98. The number of carbonyl (C=O) groups excluding carboxylic acids is 1. The smallest absolute Gasteiger partial charge is 0.237 e. The molecular weight excluding hydrogens is 276 g/mol. The highest BCUT2D eigenvalue weighted by Crippen LogP contribution is 2.23. The molecule has 0 fully saturated rings. The number of aromatic amines is 1. The van der Waals surface area contributed by atoms with Gasteiger partial charge < -0.3 is 10.1 Å². The standard InChI is InChI=1S/C13H16N4O2S/c1-3-11(20-13-14-8-15-17-13)12(18)16-9-4-6-10(19-2)7-5-9/h4-8,11H,3H2,1-2H3,(H,16,18)(H,14,15,17). The van der Waals surface area contributed by atoms with E-state index in [9.17, 15) is 4.79 Å². The third kappa shape index (κ3) is 3.74. The lowest BCUT2D eigenvalue weighted by molar-refractivity contribution is -0.115. The molecule has 1 unspecified atom stereocenters. The number of methoxy groups -OCH3 is 1. The number of ether oxygens (including phenoxy) is 1. The van der Waals surface area contributed by atoms with Gasteiger partial charge >= 0.3 is 0 Å².